The van der Waals surface area contributed by atoms with Gasteiger partial charge < -0.3 is 10.1 Å². The van der Waals surface area contributed by atoms with Crippen LogP contribution >= 0.6 is 0 Å². The summed E-state index contributed by atoms with van der Waals surface area (Å²) in [5.41, 5.74) is 0.927. The number of ether oxygens (including phenoxy) is 1. The molecule has 0 radical (unpaired) electrons. The molecular formula is C15H20N2O. The van der Waals surface area contributed by atoms with Gasteiger partial charge in [0.05, 0.1) is 0 Å². The Balaban J connectivity index is 2.11. The molecule has 0 amide bonds. The van der Waals surface area contributed by atoms with Crippen molar-refractivity contribution in [1.82, 2.24) is 10.3 Å². The van der Waals surface area contributed by atoms with E-state index in [1.54, 1.807) is 6.20 Å². The lowest BCUT2D eigenvalue weighted by Crippen LogP contribution is -2.33. The SMILES string of the molecule is CC(C)NCC(C)Oc1cccc2cccnc12. The lowest BCUT2D eigenvalue weighted by atomic mass is 10.2. The van der Waals surface area contributed by atoms with Crippen molar-refractivity contribution in [3.63, 3.8) is 0 Å². The molecule has 0 aliphatic heterocycles. The van der Waals surface area contributed by atoms with Crippen LogP contribution in [0.5, 0.6) is 5.75 Å². The van der Waals surface area contributed by atoms with Gasteiger partial charge in [-0.1, -0.05) is 32.0 Å². The number of pyridine rings is 1. The average Bonchev–Trinajstić information content (AvgIpc) is 2.37. The first-order valence-electron chi connectivity index (χ1n) is 6.40. The first-order valence-corrected chi connectivity index (χ1v) is 6.40. The molecule has 1 aromatic carbocycles. The number of aromatic nitrogens is 1. The van der Waals surface area contributed by atoms with Gasteiger partial charge in [-0.05, 0) is 19.1 Å². The molecule has 1 atom stereocenters. The van der Waals surface area contributed by atoms with Crippen molar-refractivity contribution in [1.29, 1.82) is 0 Å². The number of nitrogens with zero attached hydrogens (tertiary/aromatic N) is 1. The molecule has 1 N–H and O–H groups in total. The summed E-state index contributed by atoms with van der Waals surface area (Å²) < 4.78 is 5.95. The van der Waals surface area contributed by atoms with Crippen LogP contribution < -0.4 is 10.1 Å². The summed E-state index contributed by atoms with van der Waals surface area (Å²) in [4.78, 5) is 4.38. The first kappa shape index (κ1) is 12.8. The predicted octanol–water partition coefficient (Wildman–Crippen LogP) is 3.00. The molecule has 1 heterocycles. The van der Waals surface area contributed by atoms with Crippen molar-refractivity contribution in [2.24, 2.45) is 0 Å². The van der Waals surface area contributed by atoms with Gasteiger partial charge in [0, 0.05) is 24.2 Å². The van der Waals surface area contributed by atoms with Crippen molar-refractivity contribution < 1.29 is 4.74 Å². The topological polar surface area (TPSA) is 34.1 Å². The molecule has 0 aliphatic rings. The monoisotopic (exact) mass is 244 g/mol. The fourth-order valence-corrected chi connectivity index (χ4v) is 1.83. The highest BCUT2D eigenvalue weighted by molar-refractivity contribution is 5.84. The van der Waals surface area contributed by atoms with Gasteiger partial charge in [-0.2, -0.15) is 0 Å². The Kier molecular flexibility index (Phi) is 4.15. The van der Waals surface area contributed by atoms with Gasteiger partial charge in [-0.3, -0.25) is 4.98 Å². The molecule has 2 aromatic rings. The molecule has 2 rings (SSSR count). The molecule has 0 spiro atoms. The van der Waals surface area contributed by atoms with E-state index in [-0.39, 0.29) is 6.10 Å². The molecular weight excluding hydrogens is 224 g/mol. The Morgan fingerprint density at radius 3 is 2.72 bits per heavy atom. The maximum Gasteiger partial charge on any atom is 0.145 e. The van der Waals surface area contributed by atoms with E-state index in [0.29, 0.717) is 6.04 Å². The molecule has 0 saturated heterocycles. The summed E-state index contributed by atoms with van der Waals surface area (Å²) in [6.45, 7) is 7.16. The number of nitrogens with one attached hydrogen (secondary N) is 1. The zero-order valence-corrected chi connectivity index (χ0v) is 11.2. The Labute approximate surface area is 108 Å². The minimum absolute atomic E-state index is 0.125. The quantitative estimate of drug-likeness (QED) is 0.878. The van der Waals surface area contributed by atoms with Crippen molar-refractivity contribution in [3.05, 3.63) is 36.5 Å². The molecule has 0 saturated carbocycles. The fourth-order valence-electron chi connectivity index (χ4n) is 1.83. The fraction of sp³-hybridized carbons (Fsp3) is 0.400. The van der Waals surface area contributed by atoms with Gasteiger partial charge >= 0.3 is 0 Å². The summed E-state index contributed by atoms with van der Waals surface area (Å²) in [5, 5.41) is 4.48. The molecule has 0 bridgehead atoms. The second-order valence-corrected chi connectivity index (χ2v) is 4.82. The molecule has 18 heavy (non-hydrogen) atoms. The van der Waals surface area contributed by atoms with E-state index in [4.69, 9.17) is 4.74 Å². The maximum atomic E-state index is 5.95. The van der Waals surface area contributed by atoms with Gasteiger partial charge in [0.2, 0.25) is 0 Å². The van der Waals surface area contributed by atoms with Crippen molar-refractivity contribution in [3.8, 4) is 5.75 Å². The van der Waals surface area contributed by atoms with Crippen molar-refractivity contribution in [2.45, 2.75) is 32.9 Å². The van der Waals surface area contributed by atoms with E-state index >= 15 is 0 Å². The average molecular weight is 244 g/mol. The summed E-state index contributed by atoms with van der Waals surface area (Å²) in [7, 11) is 0. The Bertz CT molecular complexity index is 505. The summed E-state index contributed by atoms with van der Waals surface area (Å²) in [5.74, 6) is 0.853. The Morgan fingerprint density at radius 2 is 1.94 bits per heavy atom. The van der Waals surface area contributed by atoms with Crippen LogP contribution in [0.3, 0.4) is 0 Å². The van der Waals surface area contributed by atoms with Crippen LogP contribution in [0.1, 0.15) is 20.8 Å². The van der Waals surface area contributed by atoms with Crippen LogP contribution in [-0.2, 0) is 0 Å². The van der Waals surface area contributed by atoms with E-state index in [0.717, 1.165) is 23.2 Å². The van der Waals surface area contributed by atoms with Gasteiger partial charge in [0.25, 0.3) is 0 Å². The highest BCUT2D eigenvalue weighted by Gasteiger charge is 2.08. The standard InChI is InChI=1S/C15H20N2O/c1-11(2)17-10-12(3)18-14-8-4-6-13-7-5-9-16-15(13)14/h4-9,11-12,17H,10H2,1-3H3. The minimum atomic E-state index is 0.125. The molecule has 3 heteroatoms. The van der Waals surface area contributed by atoms with Crippen LogP contribution in [0.25, 0.3) is 10.9 Å². The highest BCUT2D eigenvalue weighted by Crippen LogP contribution is 2.23. The summed E-state index contributed by atoms with van der Waals surface area (Å²) >= 11 is 0. The van der Waals surface area contributed by atoms with Crippen molar-refractivity contribution in [2.75, 3.05) is 6.54 Å². The van der Waals surface area contributed by atoms with E-state index in [2.05, 4.69) is 31.1 Å². The van der Waals surface area contributed by atoms with Crippen LogP contribution in [-0.4, -0.2) is 23.7 Å². The van der Waals surface area contributed by atoms with Gasteiger partial charge in [0.15, 0.2) is 0 Å². The molecule has 1 unspecified atom stereocenters. The van der Waals surface area contributed by atoms with Crippen LogP contribution in [0, 0.1) is 0 Å². The number of fused-ring (bicyclic) bond motifs is 1. The van der Waals surface area contributed by atoms with Gasteiger partial charge in [-0.15, -0.1) is 0 Å². The molecule has 3 nitrogen and oxygen atoms in total. The smallest absolute Gasteiger partial charge is 0.145 e. The predicted molar refractivity (Wildman–Crippen MR) is 75.0 cm³/mol. The highest BCUT2D eigenvalue weighted by atomic mass is 16.5. The molecule has 0 fully saturated rings. The van der Waals surface area contributed by atoms with E-state index in [1.165, 1.54) is 0 Å². The molecule has 96 valence electrons. The van der Waals surface area contributed by atoms with E-state index in [1.807, 2.05) is 30.3 Å². The van der Waals surface area contributed by atoms with E-state index in [9.17, 15) is 0 Å². The maximum absolute atomic E-state index is 5.95. The second kappa shape index (κ2) is 5.83. The minimum Gasteiger partial charge on any atom is -0.487 e. The summed E-state index contributed by atoms with van der Waals surface area (Å²) in [6, 6.07) is 10.5. The largest absolute Gasteiger partial charge is 0.487 e. The third-order valence-corrected chi connectivity index (χ3v) is 2.74. The van der Waals surface area contributed by atoms with Crippen LogP contribution in [0.15, 0.2) is 36.5 Å². The Morgan fingerprint density at radius 1 is 1.17 bits per heavy atom. The molecule has 0 aliphatic carbocycles. The third kappa shape index (κ3) is 3.20. The number of hydrogen-bond donors (Lipinski definition) is 1. The zero-order chi connectivity index (χ0) is 13.0. The lowest BCUT2D eigenvalue weighted by molar-refractivity contribution is 0.216. The second-order valence-electron chi connectivity index (χ2n) is 4.82. The molecule has 1 aromatic heterocycles. The zero-order valence-electron chi connectivity index (χ0n) is 11.2. The number of hydrogen-bond acceptors (Lipinski definition) is 3. The van der Waals surface area contributed by atoms with Crippen LogP contribution in [0.4, 0.5) is 0 Å². The Hall–Kier alpha value is -1.61. The van der Waals surface area contributed by atoms with Gasteiger partial charge in [0.1, 0.15) is 17.4 Å². The lowest BCUT2D eigenvalue weighted by Gasteiger charge is -2.17. The van der Waals surface area contributed by atoms with Crippen LogP contribution in [0.2, 0.25) is 0 Å². The van der Waals surface area contributed by atoms with E-state index < -0.39 is 0 Å². The first-order chi connectivity index (χ1) is 8.66. The van der Waals surface area contributed by atoms with Gasteiger partial charge in [-0.25, -0.2) is 0 Å². The number of benzene rings is 1. The third-order valence-electron chi connectivity index (χ3n) is 2.74. The van der Waals surface area contributed by atoms with Crippen molar-refractivity contribution >= 4 is 10.9 Å². The summed E-state index contributed by atoms with van der Waals surface area (Å²) in [6.07, 6.45) is 1.92. The number of rotatable bonds is 5. The number of para-hydroxylation sites is 1. The normalized spacial score (nSPS) is 12.9.